The highest BCUT2D eigenvalue weighted by atomic mass is 32.1. The zero-order chi connectivity index (χ0) is 31.8. The summed E-state index contributed by atoms with van der Waals surface area (Å²) < 4.78 is 6.03. The van der Waals surface area contributed by atoms with Crippen LogP contribution in [-0.4, -0.2) is 18.9 Å². The van der Waals surface area contributed by atoms with Crippen LogP contribution in [0.15, 0.2) is 146 Å². The number of rotatable bonds is 2. The maximum Gasteiger partial charge on any atom is 0.236 e. The molecule has 0 radical (unpaired) electrons. The van der Waals surface area contributed by atoms with Crippen molar-refractivity contribution in [2.24, 2.45) is 0 Å². The smallest absolute Gasteiger partial charge is 0.236 e. The average molecular weight is 641 g/mol. The Kier molecular flexibility index (Phi) is 4.83. The molecule has 4 nitrogen and oxygen atoms in total. The molecule has 5 aromatic heterocycles. The molecule has 5 heteroatoms. The van der Waals surface area contributed by atoms with Gasteiger partial charge in [0.1, 0.15) is 4.83 Å². The van der Waals surface area contributed by atoms with Crippen LogP contribution in [-0.2, 0) is 0 Å². The maximum absolute atomic E-state index is 5.54. The van der Waals surface area contributed by atoms with Gasteiger partial charge >= 0.3 is 0 Å². The predicted molar refractivity (Wildman–Crippen MR) is 207 cm³/mol. The molecule has 7 aromatic carbocycles. The molecule has 0 N–H and O–H groups in total. The molecule has 49 heavy (non-hydrogen) atoms. The van der Waals surface area contributed by atoms with E-state index in [0.29, 0.717) is 5.95 Å². The van der Waals surface area contributed by atoms with E-state index in [0.717, 1.165) is 32.5 Å². The minimum atomic E-state index is 0.691. The lowest BCUT2D eigenvalue weighted by Gasteiger charge is -2.11. The number of fused-ring (bicyclic) bond motifs is 15. The third kappa shape index (κ3) is 3.23. The first-order chi connectivity index (χ1) is 24.3. The summed E-state index contributed by atoms with van der Waals surface area (Å²) in [7, 11) is 0. The Hall–Kier alpha value is -6.30. The Morgan fingerprint density at radius 1 is 0.449 bits per heavy atom. The summed E-state index contributed by atoms with van der Waals surface area (Å²) in [6, 6.07) is 52.5. The average Bonchev–Trinajstić information content (AvgIpc) is 3.90. The minimum absolute atomic E-state index is 0.691. The molecule has 0 atom stereocenters. The van der Waals surface area contributed by atoms with Gasteiger partial charge in [0.15, 0.2) is 0 Å². The van der Waals surface area contributed by atoms with E-state index in [2.05, 4.69) is 155 Å². The van der Waals surface area contributed by atoms with Crippen LogP contribution < -0.4 is 0 Å². The van der Waals surface area contributed by atoms with Crippen LogP contribution in [0.1, 0.15) is 0 Å². The van der Waals surface area contributed by atoms with Crippen molar-refractivity contribution in [1.29, 1.82) is 0 Å². The summed E-state index contributed by atoms with van der Waals surface area (Å²) in [5.74, 6) is 0.691. The fourth-order valence-corrected chi connectivity index (χ4v) is 9.57. The minimum Gasteiger partial charge on any atom is -0.308 e. The summed E-state index contributed by atoms with van der Waals surface area (Å²) in [4.78, 5) is 12.0. The molecule has 0 saturated heterocycles. The van der Waals surface area contributed by atoms with Gasteiger partial charge in [-0.2, -0.15) is 0 Å². The monoisotopic (exact) mass is 640 g/mol. The normalized spacial score (nSPS) is 12.5. The summed E-state index contributed by atoms with van der Waals surface area (Å²) in [5, 5.41) is 12.2. The number of hydrogen-bond donors (Lipinski definition) is 0. The third-order valence-corrected chi connectivity index (χ3v) is 11.5. The maximum atomic E-state index is 5.54. The second kappa shape index (κ2) is 9.19. The van der Waals surface area contributed by atoms with Gasteiger partial charge in [0.25, 0.3) is 0 Å². The van der Waals surface area contributed by atoms with Gasteiger partial charge in [-0.15, -0.1) is 11.3 Å². The number of para-hydroxylation sites is 2. The molecule has 0 spiro atoms. The lowest BCUT2D eigenvalue weighted by Crippen LogP contribution is -2.03. The molecule has 0 aliphatic carbocycles. The highest BCUT2D eigenvalue weighted by Crippen LogP contribution is 2.48. The van der Waals surface area contributed by atoms with Crippen LogP contribution in [0.2, 0.25) is 0 Å². The van der Waals surface area contributed by atoms with Gasteiger partial charge < -0.3 is 4.40 Å². The van der Waals surface area contributed by atoms with Gasteiger partial charge in [0.2, 0.25) is 5.95 Å². The van der Waals surface area contributed by atoms with Crippen LogP contribution in [0.5, 0.6) is 0 Å². The highest BCUT2D eigenvalue weighted by Gasteiger charge is 2.26. The highest BCUT2D eigenvalue weighted by molar-refractivity contribution is 7.25. The van der Waals surface area contributed by atoms with Crippen molar-refractivity contribution < 1.29 is 0 Å². The van der Waals surface area contributed by atoms with E-state index < -0.39 is 0 Å². The molecule has 12 aromatic rings. The molecule has 0 bridgehead atoms. The van der Waals surface area contributed by atoms with Crippen molar-refractivity contribution in [2.75, 3.05) is 0 Å². The van der Waals surface area contributed by atoms with Gasteiger partial charge in [-0.1, -0.05) is 115 Å². The van der Waals surface area contributed by atoms with Crippen molar-refractivity contribution >= 4 is 102 Å². The molecule has 226 valence electrons. The molecule has 0 unspecified atom stereocenters. The number of hydrogen-bond acceptors (Lipinski definition) is 3. The largest absolute Gasteiger partial charge is 0.308 e. The van der Waals surface area contributed by atoms with Crippen molar-refractivity contribution in [3.8, 4) is 17.2 Å². The van der Waals surface area contributed by atoms with Crippen LogP contribution in [0.4, 0.5) is 0 Å². The summed E-state index contributed by atoms with van der Waals surface area (Å²) in [6.07, 6.45) is 0. The van der Waals surface area contributed by atoms with Gasteiger partial charge in [0.05, 0.1) is 33.3 Å². The SMILES string of the molecule is c1ccc(-c2nc(-n3c4ccc5ccccc5c4c4cc5c6ccccc6n6c7ccccc7c(c43)c56)nc3sc4ccccc4c23)cc1. The predicted octanol–water partition coefficient (Wildman–Crippen LogP) is 11.9. The molecule has 0 aliphatic rings. The second-order valence-corrected chi connectivity index (χ2v) is 14.0. The Labute approximate surface area is 283 Å². The van der Waals surface area contributed by atoms with Crippen molar-refractivity contribution in [3.05, 3.63) is 146 Å². The number of aromatic nitrogens is 4. The lowest BCUT2D eigenvalue weighted by atomic mass is 10.0. The number of thiophene rings is 1. The van der Waals surface area contributed by atoms with Crippen LogP contribution in [0.25, 0.3) is 108 Å². The van der Waals surface area contributed by atoms with E-state index >= 15 is 0 Å². The first-order valence-electron chi connectivity index (χ1n) is 16.6. The van der Waals surface area contributed by atoms with Crippen LogP contribution >= 0.6 is 11.3 Å². The van der Waals surface area contributed by atoms with Crippen molar-refractivity contribution in [3.63, 3.8) is 0 Å². The lowest BCUT2D eigenvalue weighted by molar-refractivity contribution is 1.02. The summed E-state index contributed by atoms with van der Waals surface area (Å²) in [6.45, 7) is 0. The first-order valence-corrected chi connectivity index (χ1v) is 17.4. The Morgan fingerprint density at radius 3 is 2.00 bits per heavy atom. The molecular weight excluding hydrogens is 617 g/mol. The van der Waals surface area contributed by atoms with E-state index in [9.17, 15) is 0 Å². The second-order valence-electron chi connectivity index (χ2n) is 12.9. The van der Waals surface area contributed by atoms with Gasteiger partial charge in [-0.25, -0.2) is 9.97 Å². The van der Waals surface area contributed by atoms with Crippen LogP contribution in [0, 0.1) is 0 Å². The van der Waals surface area contributed by atoms with E-state index in [4.69, 9.17) is 9.97 Å². The van der Waals surface area contributed by atoms with E-state index in [1.54, 1.807) is 11.3 Å². The molecule has 0 amide bonds. The topological polar surface area (TPSA) is 35.1 Å². The molecule has 5 heterocycles. The number of benzene rings is 7. The van der Waals surface area contributed by atoms with E-state index in [1.807, 2.05) is 0 Å². The fourth-order valence-electron chi connectivity index (χ4n) is 8.50. The number of nitrogens with zero attached hydrogens (tertiary/aromatic N) is 4. The molecule has 0 fully saturated rings. The zero-order valence-corrected chi connectivity index (χ0v) is 26.9. The summed E-state index contributed by atoms with van der Waals surface area (Å²) >= 11 is 1.74. The van der Waals surface area contributed by atoms with Crippen molar-refractivity contribution in [2.45, 2.75) is 0 Å². The summed E-state index contributed by atoms with van der Waals surface area (Å²) in [5.41, 5.74) is 7.98. The quantitative estimate of drug-likeness (QED) is 0.188. The first kappa shape index (κ1) is 25.7. The van der Waals surface area contributed by atoms with Crippen molar-refractivity contribution in [1.82, 2.24) is 18.9 Å². The van der Waals surface area contributed by atoms with Crippen LogP contribution in [0.3, 0.4) is 0 Å². The van der Waals surface area contributed by atoms with Gasteiger partial charge in [-0.3, -0.25) is 4.57 Å². The van der Waals surface area contributed by atoms with Gasteiger partial charge in [0, 0.05) is 53.4 Å². The van der Waals surface area contributed by atoms with E-state index in [1.165, 1.54) is 69.7 Å². The Balaban J connectivity index is 1.36. The molecular formula is C44H24N4S. The zero-order valence-electron chi connectivity index (χ0n) is 26.1. The van der Waals surface area contributed by atoms with Gasteiger partial charge in [-0.05, 0) is 41.1 Å². The third-order valence-electron chi connectivity index (χ3n) is 10.5. The molecule has 12 rings (SSSR count). The van der Waals surface area contributed by atoms with E-state index in [-0.39, 0.29) is 0 Å². The Bertz CT molecular complexity index is 3330. The Morgan fingerprint density at radius 2 is 1.14 bits per heavy atom. The molecule has 0 aliphatic heterocycles. The standard InChI is InChI=1S/C44H24N4S/c1-2-13-26(14-3-1)40-38-30-18-8-11-21-36(30)49-43(38)46-44(45-40)48-35-23-22-25-12-4-5-15-27(25)37(35)32-24-31-28-16-6-9-19-33(28)47-34-20-10-7-17-29(34)39(41(31)47)42(32)48/h1-24H. The fraction of sp³-hybridized carbons (Fsp3) is 0. The molecule has 0 saturated carbocycles.